The van der Waals surface area contributed by atoms with Crippen molar-refractivity contribution in [2.45, 2.75) is 25.8 Å². The number of nitrogens with zero attached hydrogens (tertiary/aromatic N) is 6. The molecule has 1 amide bonds. The number of rotatable bonds is 3. The number of amides is 1. The van der Waals surface area contributed by atoms with Gasteiger partial charge in [-0.3, -0.25) is 9.78 Å². The van der Waals surface area contributed by atoms with Crippen LogP contribution >= 0.6 is 0 Å². The number of aromatic nitrogens is 5. The van der Waals surface area contributed by atoms with Crippen LogP contribution in [0.5, 0.6) is 0 Å². The Bertz CT molecular complexity index is 884. The van der Waals surface area contributed by atoms with Crippen LogP contribution in [-0.4, -0.2) is 54.5 Å². The van der Waals surface area contributed by atoms with Gasteiger partial charge in [-0.25, -0.2) is 14.5 Å². The summed E-state index contributed by atoms with van der Waals surface area (Å²) in [5, 5.41) is 7.91. The number of carbonyl (C=O) groups excluding carboxylic acids is 1. The van der Waals surface area contributed by atoms with Crippen LogP contribution in [0.25, 0.3) is 5.52 Å². The Morgan fingerprint density at radius 1 is 1.20 bits per heavy atom. The molecular weight excluding hydrogens is 318 g/mol. The maximum Gasteiger partial charge on any atom is 0.274 e. The van der Waals surface area contributed by atoms with Gasteiger partial charge in [0.15, 0.2) is 5.82 Å². The van der Waals surface area contributed by atoms with Gasteiger partial charge in [-0.1, -0.05) is 0 Å². The van der Waals surface area contributed by atoms with Crippen molar-refractivity contribution in [1.82, 2.24) is 29.5 Å². The van der Waals surface area contributed by atoms with Crippen LogP contribution in [0.4, 0.5) is 5.82 Å². The van der Waals surface area contributed by atoms with E-state index in [2.05, 4.69) is 25.4 Å². The van der Waals surface area contributed by atoms with Crippen LogP contribution < -0.4 is 5.32 Å². The molecule has 4 rings (SSSR count). The summed E-state index contributed by atoms with van der Waals surface area (Å²) in [4.78, 5) is 26.8. The van der Waals surface area contributed by atoms with Crippen molar-refractivity contribution in [2.24, 2.45) is 0 Å². The minimum Gasteiger partial charge on any atom is -0.365 e. The van der Waals surface area contributed by atoms with E-state index >= 15 is 0 Å². The Labute approximate surface area is 144 Å². The molecule has 0 bridgehead atoms. The zero-order valence-electron chi connectivity index (χ0n) is 14.0. The fourth-order valence-electron chi connectivity index (χ4n) is 3.15. The fourth-order valence-corrected chi connectivity index (χ4v) is 3.15. The molecule has 0 aromatic carbocycles. The van der Waals surface area contributed by atoms with Gasteiger partial charge in [-0.05, 0) is 25.8 Å². The van der Waals surface area contributed by atoms with Crippen LogP contribution in [0.3, 0.4) is 0 Å². The van der Waals surface area contributed by atoms with Gasteiger partial charge >= 0.3 is 0 Å². The maximum absolute atomic E-state index is 12.4. The van der Waals surface area contributed by atoms with E-state index in [-0.39, 0.29) is 11.9 Å². The highest BCUT2D eigenvalue weighted by molar-refractivity contribution is 5.92. The summed E-state index contributed by atoms with van der Waals surface area (Å²) in [7, 11) is 0. The van der Waals surface area contributed by atoms with Gasteiger partial charge in [0.05, 0.1) is 11.9 Å². The Morgan fingerprint density at radius 3 is 2.80 bits per heavy atom. The molecule has 1 aliphatic heterocycles. The number of piperidine rings is 1. The first-order valence-corrected chi connectivity index (χ1v) is 8.33. The molecule has 25 heavy (non-hydrogen) atoms. The van der Waals surface area contributed by atoms with Gasteiger partial charge in [0.2, 0.25) is 0 Å². The van der Waals surface area contributed by atoms with Gasteiger partial charge < -0.3 is 10.2 Å². The molecule has 0 aliphatic carbocycles. The molecule has 4 heterocycles. The number of likely N-dealkylation sites (tertiary alicyclic amines) is 1. The minimum absolute atomic E-state index is 0.0572. The van der Waals surface area contributed by atoms with Crippen molar-refractivity contribution in [1.29, 1.82) is 0 Å². The number of nitrogens with one attached hydrogen (secondary N) is 1. The molecule has 1 saturated heterocycles. The van der Waals surface area contributed by atoms with Crippen molar-refractivity contribution >= 4 is 17.2 Å². The van der Waals surface area contributed by atoms with E-state index in [0.29, 0.717) is 18.8 Å². The lowest BCUT2D eigenvalue weighted by Crippen LogP contribution is -2.42. The van der Waals surface area contributed by atoms with Crippen molar-refractivity contribution < 1.29 is 4.79 Å². The lowest BCUT2D eigenvalue weighted by atomic mass is 10.0. The van der Waals surface area contributed by atoms with E-state index < -0.39 is 0 Å². The van der Waals surface area contributed by atoms with Crippen molar-refractivity contribution in [3.05, 3.63) is 48.4 Å². The molecule has 8 heteroatoms. The normalized spacial score (nSPS) is 15.5. The highest BCUT2D eigenvalue weighted by atomic mass is 16.2. The summed E-state index contributed by atoms with van der Waals surface area (Å²) >= 11 is 0. The standard InChI is InChI=1S/C17H19N7O/c1-12-10-15-16(20-6-9-24(15)22-12)21-13-2-7-23(8-3-13)17(25)14-11-18-4-5-19-14/h4-6,9-11,13H,2-3,7-8H2,1H3,(H,20,21). The average Bonchev–Trinajstić information content (AvgIpc) is 3.04. The molecule has 0 radical (unpaired) electrons. The number of hydrogen-bond acceptors (Lipinski definition) is 6. The Kier molecular flexibility index (Phi) is 4.01. The summed E-state index contributed by atoms with van der Waals surface area (Å²) < 4.78 is 1.83. The number of carbonyl (C=O) groups is 1. The molecular formula is C17H19N7O. The molecule has 0 saturated carbocycles. The molecule has 1 aliphatic rings. The monoisotopic (exact) mass is 337 g/mol. The summed E-state index contributed by atoms with van der Waals surface area (Å²) in [5.74, 6) is 0.778. The zero-order chi connectivity index (χ0) is 17.2. The fraction of sp³-hybridized carbons (Fsp3) is 0.353. The van der Waals surface area contributed by atoms with Gasteiger partial charge in [-0.15, -0.1) is 0 Å². The topological polar surface area (TPSA) is 88.3 Å². The van der Waals surface area contributed by atoms with Crippen LogP contribution in [0, 0.1) is 6.92 Å². The molecule has 8 nitrogen and oxygen atoms in total. The third kappa shape index (κ3) is 3.15. The third-order valence-electron chi connectivity index (χ3n) is 4.42. The molecule has 0 spiro atoms. The van der Waals surface area contributed by atoms with Gasteiger partial charge in [-0.2, -0.15) is 5.10 Å². The van der Waals surface area contributed by atoms with E-state index in [1.807, 2.05) is 28.6 Å². The molecule has 0 atom stereocenters. The SMILES string of the molecule is Cc1cc2c(NC3CCN(C(=O)c4cnccn4)CC3)nccn2n1. The summed E-state index contributed by atoms with van der Waals surface area (Å²) in [5.41, 5.74) is 2.33. The molecule has 0 unspecified atom stereocenters. The van der Waals surface area contributed by atoms with Gasteiger partial charge in [0, 0.05) is 43.9 Å². The van der Waals surface area contributed by atoms with E-state index in [4.69, 9.17) is 0 Å². The number of fused-ring (bicyclic) bond motifs is 1. The summed E-state index contributed by atoms with van der Waals surface area (Å²) in [6, 6.07) is 2.29. The Morgan fingerprint density at radius 2 is 2.04 bits per heavy atom. The first kappa shape index (κ1) is 15.5. The first-order chi connectivity index (χ1) is 12.2. The summed E-state index contributed by atoms with van der Waals surface area (Å²) in [6.07, 6.45) is 9.94. The number of anilines is 1. The first-order valence-electron chi connectivity index (χ1n) is 8.33. The van der Waals surface area contributed by atoms with E-state index in [9.17, 15) is 4.79 Å². The van der Waals surface area contributed by atoms with Crippen molar-refractivity contribution in [3.63, 3.8) is 0 Å². The van der Waals surface area contributed by atoms with Crippen LogP contribution in [0.15, 0.2) is 37.1 Å². The molecule has 128 valence electrons. The second kappa shape index (κ2) is 6.46. The smallest absolute Gasteiger partial charge is 0.274 e. The quantitative estimate of drug-likeness (QED) is 0.780. The van der Waals surface area contributed by atoms with Crippen molar-refractivity contribution in [3.8, 4) is 0 Å². The largest absolute Gasteiger partial charge is 0.365 e. The highest BCUT2D eigenvalue weighted by Crippen LogP contribution is 2.20. The van der Waals surface area contributed by atoms with Crippen LogP contribution in [-0.2, 0) is 0 Å². The van der Waals surface area contributed by atoms with Crippen molar-refractivity contribution in [2.75, 3.05) is 18.4 Å². The molecule has 1 N–H and O–H groups in total. The Hall–Kier alpha value is -3.03. The molecule has 3 aromatic rings. The predicted molar refractivity (Wildman–Crippen MR) is 92.3 cm³/mol. The second-order valence-corrected chi connectivity index (χ2v) is 6.19. The van der Waals surface area contributed by atoms with Gasteiger partial charge in [0.25, 0.3) is 5.91 Å². The maximum atomic E-state index is 12.4. The van der Waals surface area contributed by atoms with Gasteiger partial charge in [0.1, 0.15) is 11.2 Å². The predicted octanol–water partition coefficient (Wildman–Crippen LogP) is 1.54. The van der Waals surface area contributed by atoms with E-state index in [1.165, 1.54) is 6.20 Å². The second-order valence-electron chi connectivity index (χ2n) is 6.19. The Balaban J connectivity index is 1.41. The number of hydrogen-bond donors (Lipinski definition) is 1. The zero-order valence-corrected chi connectivity index (χ0v) is 14.0. The van der Waals surface area contributed by atoms with Crippen LogP contribution in [0.1, 0.15) is 29.0 Å². The number of aryl methyl sites for hydroxylation is 1. The van der Waals surface area contributed by atoms with E-state index in [0.717, 1.165) is 29.9 Å². The molecule has 3 aromatic heterocycles. The van der Waals surface area contributed by atoms with Crippen LogP contribution in [0.2, 0.25) is 0 Å². The lowest BCUT2D eigenvalue weighted by molar-refractivity contribution is 0.0712. The lowest BCUT2D eigenvalue weighted by Gasteiger charge is -2.32. The molecule has 1 fully saturated rings. The highest BCUT2D eigenvalue weighted by Gasteiger charge is 2.25. The average molecular weight is 337 g/mol. The minimum atomic E-state index is -0.0572. The third-order valence-corrected chi connectivity index (χ3v) is 4.42. The van der Waals surface area contributed by atoms with E-state index in [1.54, 1.807) is 18.6 Å². The summed E-state index contributed by atoms with van der Waals surface area (Å²) in [6.45, 7) is 3.34.